The largest absolute Gasteiger partial charge is 0.454 e. The smallest absolute Gasteiger partial charge is 0.278 e. The fraction of sp³-hybridized carbons (Fsp3) is 0.0909. The highest BCUT2D eigenvalue weighted by Gasteiger charge is 2.19. The van der Waals surface area contributed by atoms with Crippen molar-refractivity contribution >= 4 is 5.65 Å². The summed E-state index contributed by atoms with van der Waals surface area (Å²) in [6, 6.07) is 19.4. The molecule has 1 aliphatic heterocycles. The summed E-state index contributed by atoms with van der Waals surface area (Å²) in [4.78, 5) is 9.24. The molecule has 0 unspecified atom stereocenters. The summed E-state index contributed by atoms with van der Waals surface area (Å²) in [5.74, 6) is 2.15. The summed E-state index contributed by atoms with van der Waals surface area (Å²) < 4.78 is 18.0. The molecule has 4 heterocycles. The average molecular weight is 397 g/mol. The van der Waals surface area contributed by atoms with E-state index in [1.165, 1.54) is 0 Å². The highest BCUT2D eigenvalue weighted by molar-refractivity contribution is 5.66. The van der Waals surface area contributed by atoms with E-state index in [1.54, 1.807) is 4.52 Å². The maximum absolute atomic E-state index is 5.47. The molecule has 0 spiro atoms. The number of aromatic nitrogens is 5. The molecule has 146 valence electrons. The summed E-state index contributed by atoms with van der Waals surface area (Å²) in [5.41, 5.74) is 4.95. The second kappa shape index (κ2) is 6.41. The van der Waals surface area contributed by atoms with E-state index in [-0.39, 0.29) is 6.79 Å². The van der Waals surface area contributed by atoms with Gasteiger partial charge in [-0.15, -0.1) is 0 Å². The maximum Gasteiger partial charge on any atom is 0.278 e. The van der Waals surface area contributed by atoms with Crippen molar-refractivity contribution in [2.24, 2.45) is 0 Å². The lowest BCUT2D eigenvalue weighted by Crippen LogP contribution is -1.97. The summed E-state index contributed by atoms with van der Waals surface area (Å²) in [7, 11) is 0. The van der Waals surface area contributed by atoms with E-state index in [1.807, 2.05) is 67.6 Å². The fourth-order valence-electron chi connectivity index (χ4n) is 3.47. The molecule has 0 saturated carbocycles. The van der Waals surface area contributed by atoms with Crippen molar-refractivity contribution < 1.29 is 14.0 Å². The third-order valence-corrected chi connectivity index (χ3v) is 4.95. The molecule has 0 bridgehead atoms. The molecule has 0 N–H and O–H groups in total. The van der Waals surface area contributed by atoms with E-state index in [9.17, 15) is 0 Å². The maximum atomic E-state index is 5.47. The standard InChI is InChI=1S/C22H15N5O3/c1-13-9-16(14-5-3-2-4-6-14)23-20-11-17(25-27(13)20)22-24-21(26-30-22)15-7-8-18-19(10-15)29-12-28-18/h2-11H,12H2,1H3. The molecule has 30 heavy (non-hydrogen) atoms. The third kappa shape index (κ3) is 2.69. The van der Waals surface area contributed by atoms with E-state index in [0.29, 0.717) is 34.6 Å². The third-order valence-electron chi connectivity index (χ3n) is 4.95. The Balaban J connectivity index is 1.38. The highest BCUT2D eigenvalue weighted by Crippen LogP contribution is 2.35. The van der Waals surface area contributed by atoms with Crippen LogP contribution in [0.1, 0.15) is 5.69 Å². The first kappa shape index (κ1) is 16.7. The van der Waals surface area contributed by atoms with Gasteiger partial charge >= 0.3 is 0 Å². The Kier molecular flexibility index (Phi) is 3.58. The molecule has 8 nitrogen and oxygen atoms in total. The highest BCUT2D eigenvalue weighted by atomic mass is 16.7. The molecule has 0 atom stereocenters. The summed E-state index contributed by atoms with van der Waals surface area (Å²) in [5, 5.41) is 8.69. The molecule has 0 aliphatic carbocycles. The van der Waals surface area contributed by atoms with Crippen LogP contribution in [0.2, 0.25) is 0 Å². The minimum absolute atomic E-state index is 0.217. The molecule has 2 aromatic carbocycles. The monoisotopic (exact) mass is 397 g/mol. The fourth-order valence-corrected chi connectivity index (χ4v) is 3.47. The molecule has 0 saturated heterocycles. The van der Waals surface area contributed by atoms with E-state index < -0.39 is 0 Å². The van der Waals surface area contributed by atoms with Gasteiger partial charge in [0.1, 0.15) is 0 Å². The zero-order chi connectivity index (χ0) is 20.1. The van der Waals surface area contributed by atoms with Gasteiger partial charge in [-0.25, -0.2) is 9.50 Å². The van der Waals surface area contributed by atoms with Crippen LogP contribution in [0.5, 0.6) is 11.5 Å². The van der Waals surface area contributed by atoms with Crippen LogP contribution >= 0.6 is 0 Å². The van der Waals surface area contributed by atoms with Crippen molar-refractivity contribution in [2.45, 2.75) is 6.92 Å². The van der Waals surface area contributed by atoms with E-state index in [0.717, 1.165) is 22.5 Å². The van der Waals surface area contributed by atoms with Crippen molar-refractivity contribution in [3.8, 4) is 45.7 Å². The Morgan fingerprint density at radius 2 is 1.70 bits per heavy atom. The van der Waals surface area contributed by atoms with Crippen LogP contribution in [-0.4, -0.2) is 31.5 Å². The van der Waals surface area contributed by atoms with Gasteiger partial charge in [-0.2, -0.15) is 10.1 Å². The van der Waals surface area contributed by atoms with Crippen LogP contribution in [-0.2, 0) is 0 Å². The molecule has 8 heteroatoms. The van der Waals surface area contributed by atoms with Crippen LogP contribution < -0.4 is 9.47 Å². The molecule has 5 aromatic rings. The average Bonchev–Trinajstić information content (AvgIpc) is 3.52. The first-order chi connectivity index (χ1) is 14.7. The Bertz CT molecular complexity index is 1390. The predicted octanol–water partition coefficient (Wildman–Crippen LogP) is 4.15. The Hall–Kier alpha value is -4.20. The number of benzene rings is 2. The number of rotatable bonds is 3. The zero-order valence-electron chi connectivity index (χ0n) is 15.9. The minimum Gasteiger partial charge on any atom is -0.454 e. The van der Waals surface area contributed by atoms with Crippen molar-refractivity contribution in [2.75, 3.05) is 6.79 Å². The first-order valence-electron chi connectivity index (χ1n) is 9.41. The number of nitrogens with zero attached hydrogens (tertiary/aromatic N) is 5. The van der Waals surface area contributed by atoms with Gasteiger partial charge in [-0.05, 0) is 31.2 Å². The van der Waals surface area contributed by atoms with Crippen LogP contribution in [0.3, 0.4) is 0 Å². The van der Waals surface area contributed by atoms with Crippen LogP contribution in [0.15, 0.2) is 65.2 Å². The van der Waals surface area contributed by atoms with Gasteiger partial charge in [0, 0.05) is 22.9 Å². The van der Waals surface area contributed by atoms with Gasteiger partial charge in [-0.3, -0.25) is 0 Å². The first-order valence-corrected chi connectivity index (χ1v) is 9.41. The number of fused-ring (bicyclic) bond motifs is 2. The number of hydrogen-bond donors (Lipinski definition) is 0. The van der Waals surface area contributed by atoms with E-state index in [2.05, 4.69) is 15.2 Å². The molecule has 6 rings (SSSR count). The number of ether oxygens (including phenoxy) is 2. The van der Waals surface area contributed by atoms with Crippen molar-refractivity contribution in [1.29, 1.82) is 0 Å². The normalized spacial score (nSPS) is 12.6. The van der Waals surface area contributed by atoms with Crippen molar-refractivity contribution in [3.63, 3.8) is 0 Å². The number of aryl methyl sites for hydroxylation is 1. The van der Waals surface area contributed by atoms with Crippen molar-refractivity contribution in [3.05, 3.63) is 66.4 Å². The quantitative estimate of drug-likeness (QED) is 0.452. The molecule has 0 amide bonds. The lowest BCUT2D eigenvalue weighted by atomic mass is 10.1. The molecule has 3 aromatic heterocycles. The molecule has 0 fully saturated rings. The van der Waals surface area contributed by atoms with Crippen LogP contribution in [0.4, 0.5) is 0 Å². The Labute approximate surface area is 170 Å². The van der Waals surface area contributed by atoms with Gasteiger partial charge in [0.25, 0.3) is 5.89 Å². The van der Waals surface area contributed by atoms with Gasteiger partial charge in [0.15, 0.2) is 22.8 Å². The topological polar surface area (TPSA) is 87.6 Å². The lowest BCUT2D eigenvalue weighted by Gasteiger charge is -2.04. The van der Waals surface area contributed by atoms with E-state index in [4.69, 9.17) is 19.0 Å². The van der Waals surface area contributed by atoms with Crippen LogP contribution in [0.25, 0.3) is 39.9 Å². The SMILES string of the molecule is Cc1cc(-c2ccccc2)nc2cc(-c3nc(-c4ccc5c(c4)OCO5)no3)nn12. The zero-order valence-corrected chi connectivity index (χ0v) is 15.9. The van der Waals surface area contributed by atoms with Gasteiger partial charge in [0.2, 0.25) is 12.6 Å². The second-order valence-corrected chi connectivity index (χ2v) is 6.94. The summed E-state index contributed by atoms with van der Waals surface area (Å²) >= 11 is 0. The van der Waals surface area contributed by atoms with Gasteiger partial charge in [0.05, 0.1) is 5.69 Å². The predicted molar refractivity (Wildman–Crippen MR) is 108 cm³/mol. The van der Waals surface area contributed by atoms with Crippen molar-refractivity contribution in [1.82, 2.24) is 24.7 Å². The molecule has 0 radical (unpaired) electrons. The second-order valence-electron chi connectivity index (χ2n) is 6.94. The molecule has 1 aliphatic rings. The number of hydrogen-bond acceptors (Lipinski definition) is 7. The molecular weight excluding hydrogens is 382 g/mol. The van der Waals surface area contributed by atoms with Crippen LogP contribution in [0, 0.1) is 6.92 Å². The van der Waals surface area contributed by atoms with Gasteiger partial charge in [-0.1, -0.05) is 35.5 Å². The Morgan fingerprint density at radius 1 is 0.833 bits per heavy atom. The summed E-state index contributed by atoms with van der Waals surface area (Å²) in [6.07, 6.45) is 0. The summed E-state index contributed by atoms with van der Waals surface area (Å²) in [6.45, 7) is 2.21. The minimum atomic E-state index is 0.217. The molecular formula is C22H15N5O3. The Morgan fingerprint density at radius 3 is 2.60 bits per heavy atom. The van der Waals surface area contributed by atoms with Gasteiger partial charge < -0.3 is 14.0 Å². The van der Waals surface area contributed by atoms with E-state index >= 15 is 0 Å². The lowest BCUT2D eigenvalue weighted by molar-refractivity contribution is 0.174.